The molecule has 0 aliphatic rings. The molecule has 0 aliphatic carbocycles. The monoisotopic (exact) mass is 423 g/mol. The van der Waals surface area contributed by atoms with Crippen molar-refractivity contribution in [1.29, 1.82) is 0 Å². The van der Waals surface area contributed by atoms with Gasteiger partial charge in [-0.3, -0.25) is 0 Å². The smallest absolute Gasteiger partial charge is 0.211 e. The molecule has 3 N–H and O–H groups in total. The van der Waals surface area contributed by atoms with Crippen LogP contribution in [-0.4, -0.2) is 0 Å². The van der Waals surface area contributed by atoms with E-state index in [1.807, 2.05) is 0 Å². The van der Waals surface area contributed by atoms with E-state index >= 15 is 0 Å². The van der Waals surface area contributed by atoms with Gasteiger partial charge in [-0.25, -0.2) is 0 Å². The minimum absolute atomic E-state index is 1.02. The maximum Gasteiger partial charge on any atom is 0.211 e. The molecule has 0 amide bonds. The average Bonchev–Trinajstić information content (AvgIpc) is 2.64. The molecule has 3 aromatic carbocycles. The summed E-state index contributed by atoms with van der Waals surface area (Å²) in [4.78, 5) is 0. The van der Waals surface area contributed by atoms with Gasteiger partial charge in [0.15, 0.2) is 0 Å². The number of benzene rings is 3. The molecule has 0 radical (unpaired) electrons. The molecule has 0 atom stereocenters. The van der Waals surface area contributed by atoms with Crippen molar-refractivity contribution in [3.05, 3.63) is 88.0 Å². The van der Waals surface area contributed by atoms with Crippen molar-refractivity contribution in [2.24, 2.45) is 0 Å². The van der Waals surface area contributed by atoms with Gasteiger partial charge in [-0.2, -0.15) is 0 Å². The Kier molecular flexibility index (Phi) is 6.36. The Bertz CT molecular complexity index is 955. The van der Waals surface area contributed by atoms with Gasteiger partial charge in [-0.15, -0.1) is 0 Å². The molecule has 0 bridgehead atoms. The lowest BCUT2D eigenvalue weighted by Gasteiger charge is -2.29. The van der Waals surface area contributed by atoms with E-state index in [0.717, 1.165) is 17.1 Å². The SMILES string of the molecule is Cc1ccc(NP(=S)(Nc2ccc(C)c(C)c2)Nc2ccc(C)c(C)c2)cc1C. The maximum absolute atomic E-state index is 6.15. The molecule has 3 rings (SSSR count). The van der Waals surface area contributed by atoms with E-state index in [9.17, 15) is 0 Å². The second-order valence-electron chi connectivity index (χ2n) is 7.84. The van der Waals surface area contributed by atoms with Gasteiger partial charge in [-0.1, -0.05) is 18.2 Å². The Labute approximate surface area is 180 Å². The van der Waals surface area contributed by atoms with Crippen LogP contribution >= 0.6 is 6.49 Å². The Morgan fingerprint density at radius 3 is 1.00 bits per heavy atom. The summed E-state index contributed by atoms with van der Waals surface area (Å²) >= 11 is 6.15. The highest BCUT2D eigenvalue weighted by Crippen LogP contribution is 2.46. The molecular formula is C24H30N3PS. The molecule has 152 valence electrons. The van der Waals surface area contributed by atoms with E-state index in [0.29, 0.717) is 0 Å². The van der Waals surface area contributed by atoms with Gasteiger partial charge in [-0.05, 0) is 123 Å². The van der Waals surface area contributed by atoms with Gasteiger partial charge in [0.1, 0.15) is 0 Å². The summed E-state index contributed by atoms with van der Waals surface area (Å²) in [6.45, 7) is 10.3. The Morgan fingerprint density at radius 1 is 0.483 bits per heavy atom. The molecule has 0 aromatic heterocycles. The lowest BCUT2D eigenvalue weighted by molar-refractivity contribution is 1.34. The lowest BCUT2D eigenvalue weighted by Crippen LogP contribution is -2.14. The van der Waals surface area contributed by atoms with E-state index in [1.54, 1.807) is 0 Å². The first-order valence-electron chi connectivity index (χ1n) is 9.82. The van der Waals surface area contributed by atoms with Crippen LogP contribution in [0.15, 0.2) is 54.6 Å². The van der Waals surface area contributed by atoms with Gasteiger partial charge in [0, 0.05) is 17.1 Å². The van der Waals surface area contributed by atoms with Crippen LogP contribution in [0.25, 0.3) is 0 Å². The molecule has 5 heteroatoms. The van der Waals surface area contributed by atoms with Crippen LogP contribution in [0.1, 0.15) is 33.4 Å². The fourth-order valence-corrected chi connectivity index (χ4v) is 5.69. The molecule has 0 saturated heterocycles. The van der Waals surface area contributed by atoms with Crippen LogP contribution in [0.2, 0.25) is 0 Å². The second-order valence-corrected chi connectivity index (χ2v) is 11.4. The summed E-state index contributed by atoms with van der Waals surface area (Å²) in [6, 6.07) is 19.1. The number of hydrogen-bond acceptors (Lipinski definition) is 1. The van der Waals surface area contributed by atoms with E-state index in [1.165, 1.54) is 33.4 Å². The zero-order chi connectivity index (χ0) is 21.2. The van der Waals surface area contributed by atoms with Gasteiger partial charge >= 0.3 is 0 Å². The van der Waals surface area contributed by atoms with Crippen molar-refractivity contribution >= 4 is 35.4 Å². The first kappa shape index (κ1) is 21.4. The van der Waals surface area contributed by atoms with E-state index < -0.39 is 6.49 Å². The lowest BCUT2D eigenvalue weighted by atomic mass is 10.1. The molecule has 3 aromatic rings. The van der Waals surface area contributed by atoms with E-state index in [2.05, 4.69) is 111 Å². The Hall–Kier alpha value is -2.29. The minimum Gasteiger partial charge on any atom is -0.326 e. The van der Waals surface area contributed by atoms with Crippen LogP contribution in [0.4, 0.5) is 17.1 Å². The number of rotatable bonds is 6. The fourth-order valence-electron chi connectivity index (χ4n) is 3.06. The molecule has 0 spiro atoms. The van der Waals surface area contributed by atoms with Crippen molar-refractivity contribution in [3.63, 3.8) is 0 Å². The first-order valence-corrected chi connectivity index (χ1v) is 12.6. The Balaban J connectivity index is 1.96. The number of anilines is 3. The Morgan fingerprint density at radius 2 is 0.759 bits per heavy atom. The molecular weight excluding hydrogens is 393 g/mol. The molecule has 3 nitrogen and oxygen atoms in total. The minimum atomic E-state index is -2.41. The standard InChI is InChI=1S/C24H30N3PS/c1-16-7-10-22(13-19(16)4)25-28(29,26-23-11-8-17(2)20(5)14-23)27-24-12-9-18(3)21(6)15-24/h7-15H,1-6H3,(H3,25,26,27,29). The van der Waals surface area contributed by atoms with Crippen LogP contribution < -0.4 is 15.3 Å². The van der Waals surface area contributed by atoms with Crippen LogP contribution in [0.5, 0.6) is 0 Å². The third-order valence-electron chi connectivity index (χ3n) is 5.38. The molecule has 0 heterocycles. The zero-order valence-electron chi connectivity index (χ0n) is 18.1. The van der Waals surface area contributed by atoms with Gasteiger partial charge in [0.25, 0.3) is 0 Å². The highest BCUT2D eigenvalue weighted by Gasteiger charge is 2.18. The van der Waals surface area contributed by atoms with Crippen LogP contribution in [-0.2, 0) is 11.8 Å². The molecule has 0 unspecified atom stereocenters. The van der Waals surface area contributed by atoms with Crippen LogP contribution in [0, 0.1) is 41.5 Å². The van der Waals surface area contributed by atoms with E-state index in [-0.39, 0.29) is 0 Å². The first-order chi connectivity index (χ1) is 13.6. The third kappa shape index (κ3) is 5.41. The fraction of sp³-hybridized carbons (Fsp3) is 0.250. The van der Waals surface area contributed by atoms with E-state index in [4.69, 9.17) is 11.8 Å². The summed E-state index contributed by atoms with van der Waals surface area (Å²) in [7, 11) is 0. The second kappa shape index (κ2) is 8.61. The quantitative estimate of drug-likeness (QED) is 0.361. The summed E-state index contributed by atoms with van der Waals surface area (Å²) in [5.74, 6) is 0. The van der Waals surface area contributed by atoms with Gasteiger partial charge in [0.05, 0.1) is 0 Å². The predicted molar refractivity (Wildman–Crippen MR) is 133 cm³/mol. The van der Waals surface area contributed by atoms with Crippen molar-refractivity contribution in [2.75, 3.05) is 15.3 Å². The molecule has 0 saturated carbocycles. The molecule has 0 fully saturated rings. The highest BCUT2D eigenvalue weighted by atomic mass is 32.4. The largest absolute Gasteiger partial charge is 0.326 e. The zero-order valence-corrected chi connectivity index (χ0v) is 19.8. The van der Waals surface area contributed by atoms with Crippen LogP contribution in [0.3, 0.4) is 0 Å². The van der Waals surface area contributed by atoms with Crippen molar-refractivity contribution in [2.45, 2.75) is 41.5 Å². The maximum atomic E-state index is 6.15. The van der Waals surface area contributed by atoms with Gasteiger partial charge in [0.2, 0.25) is 6.49 Å². The summed E-state index contributed by atoms with van der Waals surface area (Å²) < 4.78 is 0. The van der Waals surface area contributed by atoms with Crippen molar-refractivity contribution in [1.82, 2.24) is 0 Å². The summed E-state index contributed by atoms with van der Waals surface area (Å²) in [6.07, 6.45) is 0. The third-order valence-corrected chi connectivity index (χ3v) is 7.92. The average molecular weight is 424 g/mol. The molecule has 29 heavy (non-hydrogen) atoms. The normalized spacial score (nSPS) is 11.2. The summed E-state index contributed by atoms with van der Waals surface area (Å²) in [5, 5.41) is 10.8. The number of nitrogens with one attached hydrogen (secondary N) is 3. The topological polar surface area (TPSA) is 36.1 Å². The number of hydrogen-bond donors (Lipinski definition) is 3. The highest BCUT2D eigenvalue weighted by molar-refractivity contribution is 8.16. The predicted octanol–water partition coefficient (Wildman–Crippen LogP) is 7.40. The number of aryl methyl sites for hydroxylation is 6. The van der Waals surface area contributed by atoms with Crippen molar-refractivity contribution in [3.8, 4) is 0 Å². The summed E-state index contributed by atoms with van der Waals surface area (Å²) in [5.41, 5.74) is 10.6. The molecule has 0 aliphatic heterocycles. The van der Waals surface area contributed by atoms with Gasteiger partial charge < -0.3 is 15.3 Å². The van der Waals surface area contributed by atoms with Crippen molar-refractivity contribution < 1.29 is 0 Å².